The molecule has 74 valence electrons. The molecule has 0 unspecified atom stereocenters. The van der Waals surface area contributed by atoms with Crippen molar-refractivity contribution in [2.75, 3.05) is 0 Å². The molecule has 2 saturated carbocycles. The van der Waals surface area contributed by atoms with E-state index in [1.54, 1.807) is 0 Å². The molecule has 0 aromatic heterocycles. The van der Waals surface area contributed by atoms with E-state index in [9.17, 15) is 9.90 Å². The monoisotopic (exact) mass is 182 g/mol. The van der Waals surface area contributed by atoms with Crippen molar-refractivity contribution >= 4 is 5.78 Å². The second-order valence-corrected chi connectivity index (χ2v) is 4.74. The van der Waals surface area contributed by atoms with Crippen LogP contribution in [0.1, 0.15) is 45.4 Å². The highest BCUT2D eigenvalue weighted by Crippen LogP contribution is 2.47. The van der Waals surface area contributed by atoms with E-state index in [0.717, 1.165) is 32.1 Å². The summed E-state index contributed by atoms with van der Waals surface area (Å²) in [4.78, 5) is 11.8. The molecule has 0 aliphatic heterocycles. The van der Waals surface area contributed by atoms with Gasteiger partial charge in [-0.2, -0.15) is 0 Å². The molecular formula is C11H18O2. The molecule has 2 heteroatoms. The van der Waals surface area contributed by atoms with Crippen LogP contribution in [0.2, 0.25) is 0 Å². The van der Waals surface area contributed by atoms with Gasteiger partial charge in [0, 0.05) is 6.42 Å². The quantitative estimate of drug-likeness (QED) is 0.621. The maximum Gasteiger partial charge on any atom is 0.141 e. The minimum Gasteiger partial charge on any atom is -0.392 e. The Balaban J connectivity index is 2.27. The number of hydrogen-bond acceptors (Lipinski definition) is 2. The van der Waals surface area contributed by atoms with Gasteiger partial charge in [0.15, 0.2) is 0 Å². The van der Waals surface area contributed by atoms with Gasteiger partial charge in [-0.05, 0) is 38.5 Å². The number of fused-ring (bicyclic) bond motifs is 1. The van der Waals surface area contributed by atoms with Gasteiger partial charge >= 0.3 is 0 Å². The molecule has 0 bridgehead atoms. The molecule has 0 spiro atoms. The smallest absolute Gasteiger partial charge is 0.141 e. The molecule has 2 rings (SSSR count). The highest BCUT2D eigenvalue weighted by Gasteiger charge is 2.49. The lowest BCUT2D eigenvalue weighted by Gasteiger charge is -2.46. The van der Waals surface area contributed by atoms with Crippen LogP contribution in [0.4, 0.5) is 0 Å². The standard InChI is InChI=1S/C11H18O2/c1-11-8(4-2-6-9(11)12)5-3-7-10(11)13/h8-9,12H,2-7H2,1H3/t8-,9+,11-/m0/s1. The number of hydrogen-bond donors (Lipinski definition) is 1. The van der Waals surface area contributed by atoms with Crippen LogP contribution in [0.5, 0.6) is 0 Å². The summed E-state index contributed by atoms with van der Waals surface area (Å²) >= 11 is 0. The molecule has 3 atom stereocenters. The van der Waals surface area contributed by atoms with Crippen LogP contribution >= 0.6 is 0 Å². The number of rotatable bonds is 0. The lowest BCUT2D eigenvalue weighted by atomic mass is 9.58. The second kappa shape index (κ2) is 3.09. The number of carbonyl (C=O) groups is 1. The van der Waals surface area contributed by atoms with Crippen molar-refractivity contribution in [3.05, 3.63) is 0 Å². The van der Waals surface area contributed by atoms with Gasteiger partial charge in [-0.15, -0.1) is 0 Å². The van der Waals surface area contributed by atoms with Crippen LogP contribution in [0.15, 0.2) is 0 Å². The van der Waals surface area contributed by atoms with Gasteiger partial charge in [-0.25, -0.2) is 0 Å². The predicted octanol–water partition coefficient (Wildman–Crippen LogP) is 1.91. The normalized spacial score (nSPS) is 45.8. The molecule has 1 N–H and O–H groups in total. The highest BCUT2D eigenvalue weighted by molar-refractivity contribution is 5.86. The number of aliphatic hydroxyl groups excluding tert-OH is 1. The Labute approximate surface area is 79.3 Å². The first-order chi connectivity index (χ1) is 6.15. The van der Waals surface area contributed by atoms with Crippen LogP contribution in [0.25, 0.3) is 0 Å². The Bertz CT molecular complexity index is 222. The summed E-state index contributed by atoms with van der Waals surface area (Å²) in [6.07, 6.45) is 5.53. The maximum atomic E-state index is 11.8. The van der Waals surface area contributed by atoms with E-state index in [0.29, 0.717) is 18.1 Å². The minimum absolute atomic E-state index is 0.302. The Morgan fingerprint density at radius 1 is 1.31 bits per heavy atom. The second-order valence-electron chi connectivity index (χ2n) is 4.74. The third-order valence-electron chi connectivity index (χ3n) is 4.13. The zero-order chi connectivity index (χ0) is 9.47. The Kier molecular flexibility index (Phi) is 2.18. The van der Waals surface area contributed by atoms with Crippen molar-refractivity contribution in [3.63, 3.8) is 0 Å². The van der Waals surface area contributed by atoms with Crippen LogP contribution in [-0.2, 0) is 4.79 Å². The number of aliphatic hydroxyl groups is 1. The first-order valence-corrected chi connectivity index (χ1v) is 5.37. The van der Waals surface area contributed by atoms with Crippen molar-refractivity contribution in [3.8, 4) is 0 Å². The van der Waals surface area contributed by atoms with E-state index in [1.807, 2.05) is 6.92 Å². The summed E-state index contributed by atoms with van der Waals surface area (Å²) in [5.41, 5.74) is -0.392. The summed E-state index contributed by atoms with van der Waals surface area (Å²) in [6.45, 7) is 1.98. The molecule has 0 saturated heterocycles. The van der Waals surface area contributed by atoms with E-state index >= 15 is 0 Å². The van der Waals surface area contributed by atoms with E-state index in [1.165, 1.54) is 0 Å². The molecule has 0 amide bonds. The lowest BCUT2D eigenvalue weighted by Crippen LogP contribution is -2.50. The molecule has 2 aliphatic rings. The third kappa shape index (κ3) is 1.23. The fourth-order valence-electron chi connectivity index (χ4n) is 3.07. The lowest BCUT2D eigenvalue weighted by molar-refractivity contribution is -0.148. The zero-order valence-electron chi connectivity index (χ0n) is 8.25. The predicted molar refractivity (Wildman–Crippen MR) is 50.3 cm³/mol. The number of ketones is 1. The Morgan fingerprint density at radius 3 is 2.69 bits per heavy atom. The summed E-state index contributed by atoms with van der Waals surface area (Å²) in [5.74, 6) is 0.758. The van der Waals surface area contributed by atoms with Crippen molar-refractivity contribution in [1.82, 2.24) is 0 Å². The van der Waals surface area contributed by atoms with E-state index in [-0.39, 0.29) is 6.10 Å². The first-order valence-electron chi connectivity index (χ1n) is 5.37. The Morgan fingerprint density at radius 2 is 2.00 bits per heavy atom. The topological polar surface area (TPSA) is 37.3 Å². The molecule has 2 nitrogen and oxygen atoms in total. The molecular weight excluding hydrogens is 164 g/mol. The average Bonchev–Trinajstić information content (AvgIpc) is 2.10. The highest BCUT2D eigenvalue weighted by atomic mass is 16.3. The summed E-state index contributed by atoms with van der Waals surface area (Å²) in [7, 11) is 0. The summed E-state index contributed by atoms with van der Waals surface area (Å²) < 4.78 is 0. The van der Waals surface area contributed by atoms with Gasteiger partial charge in [0.2, 0.25) is 0 Å². The van der Waals surface area contributed by atoms with Crippen LogP contribution < -0.4 is 0 Å². The van der Waals surface area contributed by atoms with E-state index in [4.69, 9.17) is 0 Å². The molecule has 2 fully saturated rings. The summed E-state index contributed by atoms with van der Waals surface area (Å²) in [6, 6.07) is 0. The minimum atomic E-state index is -0.392. The van der Waals surface area contributed by atoms with Crippen molar-refractivity contribution < 1.29 is 9.90 Å². The maximum absolute atomic E-state index is 11.8. The van der Waals surface area contributed by atoms with Gasteiger partial charge in [-0.1, -0.05) is 6.42 Å². The zero-order valence-corrected chi connectivity index (χ0v) is 8.25. The third-order valence-corrected chi connectivity index (χ3v) is 4.13. The van der Waals surface area contributed by atoms with Gasteiger partial charge in [-0.3, -0.25) is 4.79 Å². The molecule has 13 heavy (non-hydrogen) atoms. The Hall–Kier alpha value is -0.370. The van der Waals surface area contributed by atoms with Gasteiger partial charge < -0.3 is 5.11 Å². The van der Waals surface area contributed by atoms with Crippen molar-refractivity contribution in [2.45, 2.75) is 51.6 Å². The number of carbonyl (C=O) groups excluding carboxylic acids is 1. The largest absolute Gasteiger partial charge is 0.392 e. The van der Waals surface area contributed by atoms with Crippen molar-refractivity contribution in [1.29, 1.82) is 0 Å². The van der Waals surface area contributed by atoms with Gasteiger partial charge in [0.05, 0.1) is 11.5 Å². The van der Waals surface area contributed by atoms with Crippen LogP contribution in [0.3, 0.4) is 0 Å². The molecule has 2 aliphatic carbocycles. The SMILES string of the molecule is C[C@]12C(=O)CCC[C@@H]1CCC[C@H]2O. The molecule has 0 radical (unpaired) electrons. The molecule has 0 heterocycles. The van der Waals surface area contributed by atoms with Crippen molar-refractivity contribution in [2.24, 2.45) is 11.3 Å². The first kappa shape index (κ1) is 9.20. The van der Waals surface area contributed by atoms with Gasteiger partial charge in [0.25, 0.3) is 0 Å². The van der Waals surface area contributed by atoms with Crippen LogP contribution in [-0.4, -0.2) is 17.0 Å². The fourth-order valence-corrected chi connectivity index (χ4v) is 3.07. The van der Waals surface area contributed by atoms with E-state index in [2.05, 4.69) is 0 Å². The number of Topliss-reactive ketones (excluding diaryl/α,β-unsaturated/α-hetero) is 1. The fraction of sp³-hybridized carbons (Fsp3) is 0.909. The van der Waals surface area contributed by atoms with E-state index < -0.39 is 5.41 Å². The average molecular weight is 182 g/mol. The van der Waals surface area contributed by atoms with Gasteiger partial charge in [0.1, 0.15) is 5.78 Å². The van der Waals surface area contributed by atoms with Crippen LogP contribution in [0, 0.1) is 11.3 Å². The summed E-state index contributed by atoms with van der Waals surface area (Å²) in [5, 5.41) is 9.91. The molecule has 0 aromatic rings. The molecule has 0 aromatic carbocycles.